The molecule has 26 heavy (non-hydrogen) atoms. The molecule has 136 valence electrons. The molecule has 2 heterocycles. The maximum absolute atomic E-state index is 12.1. The molecular weight excluding hydrogens is 357 g/mol. The Morgan fingerprint density at radius 2 is 2.04 bits per heavy atom. The summed E-state index contributed by atoms with van der Waals surface area (Å²) >= 11 is 0. The van der Waals surface area contributed by atoms with Crippen molar-refractivity contribution >= 4 is 11.6 Å². The number of alkyl halides is 3. The average Bonchev–Trinajstić information content (AvgIpc) is 3.24. The third-order valence-electron chi connectivity index (χ3n) is 3.03. The van der Waals surface area contributed by atoms with Crippen LogP contribution in [0.5, 0.6) is 5.75 Å². The van der Waals surface area contributed by atoms with E-state index >= 15 is 0 Å². The average molecular weight is 368 g/mol. The Hall–Kier alpha value is -3.44. The van der Waals surface area contributed by atoms with Gasteiger partial charge in [-0.05, 0) is 24.3 Å². The van der Waals surface area contributed by atoms with E-state index in [1.54, 1.807) is 0 Å². The van der Waals surface area contributed by atoms with Gasteiger partial charge < -0.3 is 14.6 Å². The number of nitrogens with zero attached hydrogens (tertiary/aromatic N) is 4. The Morgan fingerprint density at radius 3 is 2.69 bits per heavy atom. The van der Waals surface area contributed by atoms with Crippen LogP contribution in [0.3, 0.4) is 0 Å². The second-order valence-electron chi connectivity index (χ2n) is 4.97. The topological polar surface area (TPSA) is 119 Å². The number of aromatic amines is 1. The van der Waals surface area contributed by atoms with Crippen LogP contribution in [0.15, 0.2) is 35.1 Å². The van der Waals surface area contributed by atoms with Crippen molar-refractivity contribution in [2.24, 2.45) is 0 Å². The lowest BCUT2D eigenvalue weighted by molar-refractivity contribution is -0.274. The summed E-state index contributed by atoms with van der Waals surface area (Å²) in [6.45, 7) is 0. The van der Waals surface area contributed by atoms with E-state index in [0.29, 0.717) is 11.5 Å². The molecule has 0 saturated carbocycles. The molecule has 0 aliphatic heterocycles. The first kappa shape index (κ1) is 17.4. The van der Waals surface area contributed by atoms with Gasteiger partial charge in [0.05, 0.1) is 0 Å². The molecule has 0 fully saturated rings. The predicted molar refractivity (Wildman–Crippen MR) is 79.8 cm³/mol. The van der Waals surface area contributed by atoms with Crippen LogP contribution < -0.4 is 10.1 Å². The molecule has 0 atom stereocenters. The molecule has 0 aliphatic rings. The summed E-state index contributed by atoms with van der Waals surface area (Å²) in [5, 5.41) is 12.5. The Kier molecular flexibility index (Phi) is 4.82. The second-order valence-corrected chi connectivity index (χ2v) is 4.97. The highest BCUT2D eigenvalue weighted by atomic mass is 19.4. The number of carbonyl (C=O) groups is 1. The van der Waals surface area contributed by atoms with Crippen LogP contribution in [0.4, 0.5) is 18.9 Å². The number of hydrogen-bond acceptors (Lipinski definition) is 7. The second kappa shape index (κ2) is 7.21. The molecule has 12 heteroatoms. The third-order valence-corrected chi connectivity index (χ3v) is 3.03. The lowest BCUT2D eigenvalue weighted by Crippen LogP contribution is -2.17. The molecule has 0 saturated heterocycles. The molecule has 0 radical (unpaired) electrons. The lowest BCUT2D eigenvalue weighted by Gasteiger charge is -2.09. The number of halogens is 3. The summed E-state index contributed by atoms with van der Waals surface area (Å²) in [7, 11) is 0. The van der Waals surface area contributed by atoms with Gasteiger partial charge in [0.25, 0.3) is 0 Å². The highest BCUT2D eigenvalue weighted by molar-refractivity contribution is 5.90. The number of carbonyl (C=O) groups excluding carboxylic acids is 1. The zero-order chi connectivity index (χ0) is 18.6. The van der Waals surface area contributed by atoms with Crippen molar-refractivity contribution in [1.29, 1.82) is 0 Å². The maximum atomic E-state index is 12.1. The molecule has 3 aromatic rings. The standard InChI is InChI=1S/C14H11F3N6O3/c15-14(16,17)25-9-3-1-8(2-4-9)20-10(24)5-6-11-21-13(23-26-11)12-18-7-19-22-12/h1-4,7H,5-6H2,(H,20,24)(H,18,19,22). The first-order chi connectivity index (χ1) is 12.4. The van der Waals surface area contributed by atoms with Crippen LogP contribution in [-0.4, -0.2) is 37.6 Å². The Bertz CT molecular complexity index is 861. The van der Waals surface area contributed by atoms with Crippen molar-refractivity contribution in [3.63, 3.8) is 0 Å². The third kappa shape index (κ3) is 4.78. The summed E-state index contributed by atoms with van der Waals surface area (Å²) in [5.41, 5.74) is 0.331. The highest BCUT2D eigenvalue weighted by Gasteiger charge is 2.30. The first-order valence-corrected chi connectivity index (χ1v) is 7.23. The smallest absolute Gasteiger partial charge is 0.406 e. The number of aryl methyl sites for hydroxylation is 1. The normalized spacial score (nSPS) is 11.3. The van der Waals surface area contributed by atoms with E-state index in [0.717, 1.165) is 12.1 Å². The summed E-state index contributed by atoms with van der Waals surface area (Å²) < 4.78 is 45.0. The lowest BCUT2D eigenvalue weighted by atomic mass is 10.2. The summed E-state index contributed by atoms with van der Waals surface area (Å²) in [6, 6.07) is 4.80. The van der Waals surface area contributed by atoms with Gasteiger partial charge in [-0.2, -0.15) is 10.1 Å². The van der Waals surface area contributed by atoms with Gasteiger partial charge in [-0.15, -0.1) is 13.2 Å². The van der Waals surface area contributed by atoms with Crippen molar-refractivity contribution in [3.8, 4) is 17.4 Å². The van der Waals surface area contributed by atoms with E-state index in [1.807, 2.05) is 0 Å². The fraction of sp³-hybridized carbons (Fsp3) is 0.214. The van der Waals surface area contributed by atoms with Gasteiger partial charge in [-0.3, -0.25) is 9.89 Å². The number of anilines is 1. The first-order valence-electron chi connectivity index (χ1n) is 7.23. The molecule has 2 N–H and O–H groups in total. The van der Waals surface area contributed by atoms with Gasteiger partial charge >= 0.3 is 6.36 Å². The largest absolute Gasteiger partial charge is 0.573 e. The van der Waals surface area contributed by atoms with E-state index in [-0.39, 0.29) is 36.2 Å². The molecule has 0 spiro atoms. The Morgan fingerprint density at radius 1 is 1.27 bits per heavy atom. The number of amides is 1. The van der Waals surface area contributed by atoms with Crippen molar-refractivity contribution in [3.05, 3.63) is 36.5 Å². The highest BCUT2D eigenvalue weighted by Crippen LogP contribution is 2.24. The number of rotatable bonds is 6. The molecule has 3 rings (SSSR count). The van der Waals surface area contributed by atoms with Gasteiger partial charge in [0, 0.05) is 18.5 Å². The zero-order valence-electron chi connectivity index (χ0n) is 12.9. The van der Waals surface area contributed by atoms with E-state index in [4.69, 9.17) is 4.52 Å². The molecule has 2 aromatic heterocycles. The van der Waals surface area contributed by atoms with Gasteiger partial charge in [0.2, 0.25) is 17.6 Å². The minimum atomic E-state index is -4.76. The Labute approximate surface area is 143 Å². The van der Waals surface area contributed by atoms with Crippen molar-refractivity contribution < 1.29 is 27.2 Å². The predicted octanol–water partition coefficient (Wildman–Crippen LogP) is 2.32. The maximum Gasteiger partial charge on any atom is 0.573 e. The van der Waals surface area contributed by atoms with Crippen LogP contribution in [-0.2, 0) is 11.2 Å². The SMILES string of the molecule is O=C(CCc1nc(-c2ncn[nH]2)no1)Nc1ccc(OC(F)(F)F)cc1. The van der Waals surface area contributed by atoms with Crippen LogP contribution in [0.2, 0.25) is 0 Å². The minimum Gasteiger partial charge on any atom is -0.406 e. The van der Waals surface area contributed by atoms with Crippen molar-refractivity contribution in [2.75, 3.05) is 5.32 Å². The summed E-state index contributed by atoms with van der Waals surface area (Å²) in [6.07, 6.45) is -3.25. The molecule has 9 nitrogen and oxygen atoms in total. The summed E-state index contributed by atoms with van der Waals surface area (Å²) in [5.74, 6) is 0.0551. The zero-order valence-corrected chi connectivity index (χ0v) is 12.9. The molecule has 0 aliphatic carbocycles. The Balaban J connectivity index is 1.50. The van der Waals surface area contributed by atoms with E-state index < -0.39 is 6.36 Å². The van der Waals surface area contributed by atoms with Gasteiger partial charge in [-0.1, -0.05) is 5.16 Å². The number of H-pyrrole nitrogens is 1. The van der Waals surface area contributed by atoms with Crippen molar-refractivity contribution in [1.82, 2.24) is 25.3 Å². The van der Waals surface area contributed by atoms with Crippen LogP contribution in [0, 0.1) is 0 Å². The fourth-order valence-electron chi connectivity index (χ4n) is 1.95. The van der Waals surface area contributed by atoms with Crippen LogP contribution in [0.25, 0.3) is 11.6 Å². The van der Waals surface area contributed by atoms with Crippen LogP contribution >= 0.6 is 0 Å². The minimum absolute atomic E-state index is 0.0405. The molecule has 1 aromatic carbocycles. The molecular formula is C14H11F3N6O3. The van der Waals surface area contributed by atoms with E-state index in [1.165, 1.54) is 18.5 Å². The number of ether oxygens (including phenoxy) is 1. The number of nitrogens with one attached hydrogen (secondary N) is 2. The quantitative estimate of drug-likeness (QED) is 0.685. The van der Waals surface area contributed by atoms with E-state index in [2.05, 4.69) is 35.4 Å². The summed E-state index contributed by atoms with van der Waals surface area (Å²) in [4.78, 5) is 19.8. The number of aromatic nitrogens is 5. The van der Waals surface area contributed by atoms with E-state index in [9.17, 15) is 18.0 Å². The van der Waals surface area contributed by atoms with Crippen LogP contribution in [0.1, 0.15) is 12.3 Å². The molecule has 0 unspecified atom stereocenters. The molecule has 0 bridgehead atoms. The fourth-order valence-corrected chi connectivity index (χ4v) is 1.95. The van der Waals surface area contributed by atoms with Gasteiger partial charge in [-0.25, -0.2) is 4.98 Å². The molecule has 1 amide bonds. The van der Waals surface area contributed by atoms with Gasteiger partial charge in [0.15, 0.2) is 5.82 Å². The number of hydrogen-bond donors (Lipinski definition) is 2. The monoisotopic (exact) mass is 368 g/mol. The van der Waals surface area contributed by atoms with Crippen molar-refractivity contribution in [2.45, 2.75) is 19.2 Å². The van der Waals surface area contributed by atoms with Gasteiger partial charge in [0.1, 0.15) is 12.1 Å². The number of benzene rings is 1.